The number of hydrogen-bond acceptors (Lipinski definition) is 5. The first kappa shape index (κ1) is 24.2. The molecule has 2 heterocycles. The molecule has 0 atom stereocenters. The van der Waals surface area contributed by atoms with Gasteiger partial charge in [0, 0.05) is 38.9 Å². The van der Waals surface area contributed by atoms with Crippen LogP contribution in [0.4, 0.5) is 5.69 Å². The molecule has 0 spiro atoms. The number of anilines is 1. The van der Waals surface area contributed by atoms with E-state index in [1.165, 1.54) is 30.4 Å². The fourth-order valence-electron chi connectivity index (χ4n) is 4.71. The van der Waals surface area contributed by atoms with Crippen molar-refractivity contribution in [2.45, 2.75) is 39.3 Å². The minimum absolute atomic E-state index is 0.0329. The van der Waals surface area contributed by atoms with Gasteiger partial charge in [0.05, 0.1) is 13.1 Å². The first-order valence-corrected chi connectivity index (χ1v) is 12.4. The number of aryl methyl sites for hydroxylation is 1. The zero-order valence-corrected chi connectivity index (χ0v) is 20.5. The van der Waals surface area contributed by atoms with Gasteiger partial charge >= 0.3 is 0 Å². The van der Waals surface area contributed by atoms with Crippen molar-refractivity contribution in [3.05, 3.63) is 65.2 Å². The van der Waals surface area contributed by atoms with Crippen LogP contribution in [0.15, 0.2) is 48.5 Å². The lowest BCUT2D eigenvalue weighted by molar-refractivity contribution is -0.145. The van der Waals surface area contributed by atoms with Crippen molar-refractivity contribution in [2.24, 2.45) is 0 Å². The van der Waals surface area contributed by atoms with E-state index in [4.69, 9.17) is 0 Å². The summed E-state index contributed by atoms with van der Waals surface area (Å²) in [4.78, 5) is 30.3. The second kappa shape index (κ2) is 11.5. The molecule has 7 nitrogen and oxygen atoms in total. The molecule has 2 amide bonds. The maximum Gasteiger partial charge on any atom is 0.256 e. The van der Waals surface area contributed by atoms with Crippen LogP contribution in [0.2, 0.25) is 0 Å². The van der Waals surface area contributed by atoms with Gasteiger partial charge in [0.2, 0.25) is 5.91 Å². The smallest absolute Gasteiger partial charge is 0.256 e. The third-order valence-electron chi connectivity index (χ3n) is 6.87. The van der Waals surface area contributed by atoms with Gasteiger partial charge < -0.3 is 15.1 Å². The first-order chi connectivity index (χ1) is 16.5. The molecule has 2 aliphatic rings. The number of likely N-dealkylation sites (N-methyl/N-ethyl adjacent to an activating group) is 1. The van der Waals surface area contributed by atoms with Crippen LogP contribution in [0, 0.1) is 6.92 Å². The molecule has 2 aromatic carbocycles. The Bertz CT molecular complexity index is 946. The van der Waals surface area contributed by atoms with E-state index in [0.717, 1.165) is 44.0 Å². The van der Waals surface area contributed by atoms with Gasteiger partial charge in [0.1, 0.15) is 0 Å². The highest BCUT2D eigenvalue weighted by Crippen LogP contribution is 2.23. The quantitative estimate of drug-likeness (QED) is 0.620. The molecule has 0 bridgehead atoms. The molecular weight excluding hydrogens is 426 g/mol. The molecule has 1 N–H and O–H groups in total. The molecule has 2 aliphatic heterocycles. The van der Waals surface area contributed by atoms with Gasteiger partial charge in [-0.05, 0) is 56.1 Å². The predicted molar refractivity (Wildman–Crippen MR) is 135 cm³/mol. The highest BCUT2D eigenvalue weighted by atomic mass is 16.2. The van der Waals surface area contributed by atoms with E-state index < -0.39 is 0 Å². The van der Waals surface area contributed by atoms with Crippen molar-refractivity contribution < 1.29 is 9.59 Å². The van der Waals surface area contributed by atoms with Crippen LogP contribution < -0.4 is 10.2 Å². The standard InChI is InChI=1S/C27H37N5O2/c1-22-10-12-25(13-11-22)31(20-26(33)28-14-17-30-15-6-3-7-16-30)21-27(34)29(2)32-18-23-8-4-5-9-24(23)19-32/h4-5,8-13H,3,6-7,14-21H2,1-2H3,(H,28,33). The largest absolute Gasteiger partial charge is 0.353 e. The molecule has 182 valence electrons. The third-order valence-corrected chi connectivity index (χ3v) is 6.87. The van der Waals surface area contributed by atoms with E-state index in [0.29, 0.717) is 6.54 Å². The second-order valence-corrected chi connectivity index (χ2v) is 9.45. The zero-order chi connectivity index (χ0) is 23.9. The highest BCUT2D eigenvalue weighted by molar-refractivity contribution is 5.86. The van der Waals surface area contributed by atoms with E-state index in [9.17, 15) is 9.59 Å². The average molecular weight is 464 g/mol. The molecule has 0 unspecified atom stereocenters. The Hall–Kier alpha value is -2.90. The molecular formula is C27H37N5O2. The number of fused-ring (bicyclic) bond motifs is 1. The van der Waals surface area contributed by atoms with E-state index in [-0.39, 0.29) is 24.9 Å². The van der Waals surface area contributed by atoms with Crippen LogP contribution >= 0.6 is 0 Å². The SMILES string of the molecule is Cc1ccc(N(CC(=O)NCCN2CCCCC2)CC(=O)N(C)N2Cc3ccccc3C2)cc1. The molecule has 34 heavy (non-hydrogen) atoms. The number of nitrogens with one attached hydrogen (secondary N) is 1. The Morgan fingerprint density at radius 3 is 2.21 bits per heavy atom. The Labute approximate surface area is 203 Å². The Kier molecular flexibility index (Phi) is 8.19. The lowest BCUT2D eigenvalue weighted by atomic mass is 10.1. The number of rotatable bonds is 9. The number of likely N-dealkylation sites (tertiary alicyclic amines) is 1. The van der Waals surface area contributed by atoms with Crippen LogP contribution in [-0.4, -0.2) is 73.0 Å². The van der Waals surface area contributed by atoms with Gasteiger partial charge in [0.15, 0.2) is 0 Å². The van der Waals surface area contributed by atoms with Crippen molar-refractivity contribution in [2.75, 3.05) is 51.2 Å². The number of carbonyl (C=O) groups excluding carboxylic acids is 2. The van der Waals surface area contributed by atoms with E-state index >= 15 is 0 Å². The fraction of sp³-hybridized carbons (Fsp3) is 0.481. The normalized spacial score (nSPS) is 16.2. The highest BCUT2D eigenvalue weighted by Gasteiger charge is 2.26. The molecule has 4 rings (SSSR count). The summed E-state index contributed by atoms with van der Waals surface area (Å²) in [6.45, 7) is 7.53. The average Bonchev–Trinajstić information content (AvgIpc) is 3.28. The number of nitrogens with zero attached hydrogens (tertiary/aromatic N) is 4. The van der Waals surface area contributed by atoms with Crippen molar-refractivity contribution in [1.82, 2.24) is 20.2 Å². The summed E-state index contributed by atoms with van der Waals surface area (Å²) in [6.07, 6.45) is 3.79. The minimum Gasteiger partial charge on any atom is -0.353 e. The number of hydrazine groups is 1. The molecule has 1 saturated heterocycles. The summed E-state index contributed by atoms with van der Waals surface area (Å²) < 4.78 is 0. The van der Waals surface area contributed by atoms with Gasteiger partial charge in [-0.2, -0.15) is 0 Å². The van der Waals surface area contributed by atoms with Crippen LogP contribution in [0.25, 0.3) is 0 Å². The molecule has 0 aromatic heterocycles. The molecule has 0 aliphatic carbocycles. The lowest BCUT2D eigenvalue weighted by Gasteiger charge is -2.31. The van der Waals surface area contributed by atoms with E-state index in [1.807, 2.05) is 55.3 Å². The Morgan fingerprint density at radius 2 is 1.56 bits per heavy atom. The van der Waals surface area contributed by atoms with Crippen molar-refractivity contribution >= 4 is 17.5 Å². The summed E-state index contributed by atoms with van der Waals surface area (Å²) in [5.41, 5.74) is 4.53. The summed E-state index contributed by atoms with van der Waals surface area (Å²) >= 11 is 0. The summed E-state index contributed by atoms with van der Waals surface area (Å²) in [7, 11) is 1.82. The topological polar surface area (TPSA) is 59.1 Å². The summed E-state index contributed by atoms with van der Waals surface area (Å²) in [5, 5.41) is 6.81. The van der Waals surface area contributed by atoms with Gasteiger partial charge in [-0.25, -0.2) is 5.01 Å². The summed E-state index contributed by atoms with van der Waals surface area (Å²) in [5.74, 6) is -0.0869. The first-order valence-electron chi connectivity index (χ1n) is 12.4. The van der Waals surface area contributed by atoms with Crippen molar-refractivity contribution in [3.63, 3.8) is 0 Å². The molecule has 0 saturated carbocycles. The lowest BCUT2D eigenvalue weighted by Crippen LogP contribution is -2.48. The van der Waals surface area contributed by atoms with Gasteiger partial charge in [-0.3, -0.25) is 14.6 Å². The van der Waals surface area contributed by atoms with E-state index in [2.05, 4.69) is 27.4 Å². The Balaban J connectivity index is 1.35. The van der Waals surface area contributed by atoms with Crippen LogP contribution in [-0.2, 0) is 22.7 Å². The number of carbonyl (C=O) groups is 2. The second-order valence-electron chi connectivity index (χ2n) is 9.45. The number of amides is 2. The summed E-state index contributed by atoms with van der Waals surface area (Å²) in [6, 6.07) is 16.3. The van der Waals surface area contributed by atoms with Crippen LogP contribution in [0.1, 0.15) is 36.0 Å². The Morgan fingerprint density at radius 1 is 0.912 bits per heavy atom. The maximum atomic E-state index is 13.2. The number of benzene rings is 2. The van der Waals surface area contributed by atoms with Crippen LogP contribution in [0.5, 0.6) is 0 Å². The zero-order valence-electron chi connectivity index (χ0n) is 20.5. The van der Waals surface area contributed by atoms with E-state index in [1.54, 1.807) is 5.01 Å². The predicted octanol–water partition coefficient (Wildman–Crippen LogP) is 2.79. The third kappa shape index (κ3) is 6.36. The molecule has 0 radical (unpaired) electrons. The van der Waals surface area contributed by atoms with Crippen molar-refractivity contribution in [3.8, 4) is 0 Å². The molecule has 7 heteroatoms. The molecule has 2 aromatic rings. The minimum atomic E-state index is -0.0541. The van der Waals surface area contributed by atoms with Gasteiger partial charge in [0.25, 0.3) is 5.91 Å². The number of piperidine rings is 1. The molecule has 1 fully saturated rings. The van der Waals surface area contributed by atoms with Crippen molar-refractivity contribution in [1.29, 1.82) is 0 Å². The van der Waals surface area contributed by atoms with Gasteiger partial charge in [-0.1, -0.05) is 48.4 Å². The monoisotopic (exact) mass is 463 g/mol. The number of hydrogen-bond donors (Lipinski definition) is 1. The fourth-order valence-corrected chi connectivity index (χ4v) is 4.71. The maximum absolute atomic E-state index is 13.2. The van der Waals surface area contributed by atoms with Crippen LogP contribution in [0.3, 0.4) is 0 Å². The van der Waals surface area contributed by atoms with Gasteiger partial charge in [-0.15, -0.1) is 0 Å².